The van der Waals surface area contributed by atoms with Gasteiger partial charge in [-0.3, -0.25) is 4.79 Å². The molecule has 1 spiro atoms. The first-order valence-electron chi connectivity index (χ1n) is 10.0. The second kappa shape index (κ2) is 7.06. The van der Waals surface area contributed by atoms with Gasteiger partial charge in [-0.2, -0.15) is 0 Å². The maximum atomic E-state index is 12.9. The lowest BCUT2D eigenvalue weighted by Crippen LogP contribution is -2.57. The van der Waals surface area contributed by atoms with Crippen molar-refractivity contribution in [2.75, 3.05) is 45.5 Å². The molecule has 0 aromatic heterocycles. The Balaban J connectivity index is 1.73. The minimum absolute atomic E-state index is 0.0950. The van der Waals surface area contributed by atoms with Crippen LogP contribution in [0.4, 0.5) is 0 Å². The van der Waals surface area contributed by atoms with Crippen molar-refractivity contribution in [2.24, 2.45) is 23.7 Å². The van der Waals surface area contributed by atoms with Crippen molar-refractivity contribution >= 4 is 15.9 Å². The number of sulfonamides is 1. The zero-order chi connectivity index (χ0) is 19.3. The molecule has 7 heteroatoms. The summed E-state index contributed by atoms with van der Waals surface area (Å²) in [5, 5.41) is 0. The molecule has 3 aliphatic heterocycles. The zero-order valence-corrected chi connectivity index (χ0v) is 17.8. The number of hydrogen-bond donors (Lipinski definition) is 0. The Bertz CT molecular complexity index is 638. The van der Waals surface area contributed by atoms with Crippen LogP contribution >= 0.6 is 0 Å². The number of rotatable bonds is 5. The lowest BCUT2D eigenvalue weighted by molar-refractivity contribution is -0.133. The lowest BCUT2D eigenvalue weighted by Gasteiger charge is -2.46. The van der Waals surface area contributed by atoms with Gasteiger partial charge in [-0.1, -0.05) is 27.7 Å². The maximum absolute atomic E-state index is 12.9. The van der Waals surface area contributed by atoms with Crippen LogP contribution in [0.3, 0.4) is 0 Å². The van der Waals surface area contributed by atoms with Crippen LogP contribution in [0.1, 0.15) is 40.5 Å². The Labute approximate surface area is 158 Å². The number of amides is 1. The second-order valence-corrected chi connectivity index (χ2v) is 11.4. The van der Waals surface area contributed by atoms with Crippen LogP contribution in [0.15, 0.2) is 0 Å². The number of nitrogens with zero attached hydrogens (tertiary/aromatic N) is 3. The van der Waals surface area contributed by atoms with Crippen LogP contribution in [0.5, 0.6) is 0 Å². The highest BCUT2D eigenvalue weighted by Gasteiger charge is 2.60. The Morgan fingerprint density at radius 3 is 2.23 bits per heavy atom. The quantitative estimate of drug-likeness (QED) is 0.719. The van der Waals surface area contributed by atoms with Crippen LogP contribution < -0.4 is 0 Å². The van der Waals surface area contributed by atoms with E-state index >= 15 is 0 Å². The predicted octanol–water partition coefficient (Wildman–Crippen LogP) is 1.48. The van der Waals surface area contributed by atoms with Gasteiger partial charge >= 0.3 is 0 Å². The summed E-state index contributed by atoms with van der Waals surface area (Å²) in [4.78, 5) is 17.3. The van der Waals surface area contributed by atoms with E-state index in [0.717, 1.165) is 32.5 Å². The Hall–Kier alpha value is -0.660. The highest BCUT2D eigenvalue weighted by Crippen LogP contribution is 2.49. The van der Waals surface area contributed by atoms with Gasteiger partial charge in [-0.25, -0.2) is 12.7 Å². The van der Waals surface area contributed by atoms with Gasteiger partial charge in [0.1, 0.15) is 0 Å². The van der Waals surface area contributed by atoms with Gasteiger partial charge in [-0.15, -0.1) is 0 Å². The first-order chi connectivity index (χ1) is 12.1. The van der Waals surface area contributed by atoms with Gasteiger partial charge in [0.05, 0.1) is 11.7 Å². The third-order valence-electron chi connectivity index (χ3n) is 6.55. The zero-order valence-electron chi connectivity index (χ0n) is 16.9. The monoisotopic (exact) mass is 385 g/mol. The fourth-order valence-corrected chi connectivity index (χ4v) is 7.24. The molecule has 2 atom stereocenters. The highest BCUT2D eigenvalue weighted by atomic mass is 32.2. The van der Waals surface area contributed by atoms with E-state index in [2.05, 4.69) is 18.7 Å². The smallest absolute Gasteiger partial charge is 0.227 e. The summed E-state index contributed by atoms with van der Waals surface area (Å²) in [6, 6.07) is 0. The molecule has 6 nitrogen and oxygen atoms in total. The molecule has 0 saturated carbocycles. The summed E-state index contributed by atoms with van der Waals surface area (Å²) in [7, 11) is -1.25. The van der Waals surface area contributed by atoms with E-state index in [1.54, 1.807) is 4.31 Å². The molecule has 0 aliphatic carbocycles. The normalized spacial score (nSPS) is 30.1. The van der Waals surface area contributed by atoms with Crippen molar-refractivity contribution in [1.29, 1.82) is 0 Å². The minimum atomic E-state index is -3.19. The van der Waals surface area contributed by atoms with Crippen LogP contribution in [0.2, 0.25) is 0 Å². The molecule has 26 heavy (non-hydrogen) atoms. The third-order valence-corrected chi connectivity index (χ3v) is 8.79. The second-order valence-electron chi connectivity index (χ2n) is 9.40. The van der Waals surface area contributed by atoms with Crippen molar-refractivity contribution in [3.63, 3.8) is 0 Å². The molecule has 0 unspecified atom stereocenters. The van der Waals surface area contributed by atoms with Gasteiger partial charge in [0, 0.05) is 51.2 Å². The van der Waals surface area contributed by atoms with Gasteiger partial charge in [-0.05, 0) is 24.7 Å². The molecule has 0 bridgehead atoms. The lowest BCUT2D eigenvalue weighted by atomic mass is 9.75. The molecule has 0 N–H and O–H groups in total. The predicted molar refractivity (Wildman–Crippen MR) is 103 cm³/mol. The molecule has 0 aromatic rings. The van der Waals surface area contributed by atoms with Crippen molar-refractivity contribution in [3.8, 4) is 0 Å². The fraction of sp³-hybridized carbons (Fsp3) is 0.947. The van der Waals surface area contributed by atoms with Crippen molar-refractivity contribution in [3.05, 3.63) is 0 Å². The van der Waals surface area contributed by atoms with Gasteiger partial charge in [0.2, 0.25) is 15.9 Å². The molecular weight excluding hydrogens is 350 g/mol. The van der Waals surface area contributed by atoms with E-state index in [0.29, 0.717) is 24.9 Å². The Morgan fingerprint density at radius 1 is 1.08 bits per heavy atom. The van der Waals surface area contributed by atoms with E-state index in [1.807, 2.05) is 25.8 Å². The molecule has 0 radical (unpaired) electrons. The number of carbonyl (C=O) groups is 1. The summed E-state index contributed by atoms with van der Waals surface area (Å²) in [5.74, 6) is 1.64. The van der Waals surface area contributed by atoms with Crippen LogP contribution in [0.25, 0.3) is 0 Å². The fourth-order valence-electron chi connectivity index (χ4n) is 5.45. The topological polar surface area (TPSA) is 60.9 Å². The molecule has 3 rings (SSSR count). The number of carbonyl (C=O) groups excluding carboxylic acids is 1. The van der Waals surface area contributed by atoms with E-state index < -0.39 is 10.0 Å². The summed E-state index contributed by atoms with van der Waals surface area (Å²) in [5.41, 5.74) is -0.155. The summed E-state index contributed by atoms with van der Waals surface area (Å²) in [6.07, 6.45) is 1.53. The number of piperidine rings is 1. The summed E-state index contributed by atoms with van der Waals surface area (Å²) in [6.45, 7) is 12.3. The average Bonchev–Trinajstić information content (AvgIpc) is 3.01. The number of hydrogen-bond acceptors (Lipinski definition) is 4. The molecule has 3 heterocycles. The highest BCUT2D eigenvalue weighted by molar-refractivity contribution is 7.89. The number of likely N-dealkylation sites (tertiary alicyclic amines) is 2. The largest absolute Gasteiger partial charge is 0.339 e. The molecule has 0 aromatic carbocycles. The minimum Gasteiger partial charge on any atom is -0.339 e. The Morgan fingerprint density at radius 2 is 1.69 bits per heavy atom. The van der Waals surface area contributed by atoms with Crippen molar-refractivity contribution < 1.29 is 13.2 Å². The van der Waals surface area contributed by atoms with Crippen molar-refractivity contribution in [2.45, 2.75) is 46.1 Å². The summed E-state index contributed by atoms with van der Waals surface area (Å²) < 4.78 is 26.8. The standard InChI is InChI=1S/C19H35N3O3S/c1-14(2)10-21-11-16-17(12-21)19(20(5)18(16)23)6-8-22(9-7-19)26(24,25)13-15(3)4/h14-17H,6-13H2,1-5H3/t16-,17+/m1/s1. The van der Waals surface area contributed by atoms with E-state index in [1.165, 1.54) is 0 Å². The van der Waals surface area contributed by atoms with Gasteiger partial charge in [0.15, 0.2) is 0 Å². The van der Waals surface area contributed by atoms with Crippen molar-refractivity contribution in [1.82, 2.24) is 14.1 Å². The van der Waals surface area contributed by atoms with Gasteiger partial charge in [0.25, 0.3) is 0 Å². The average molecular weight is 386 g/mol. The molecule has 150 valence electrons. The first kappa shape index (κ1) is 20.1. The van der Waals surface area contributed by atoms with Crippen LogP contribution in [0, 0.1) is 23.7 Å². The molecule has 3 aliphatic rings. The van der Waals surface area contributed by atoms with E-state index in [4.69, 9.17) is 0 Å². The van der Waals surface area contributed by atoms with E-state index in [-0.39, 0.29) is 29.0 Å². The molecule has 1 amide bonds. The van der Waals surface area contributed by atoms with Crippen LogP contribution in [-0.4, -0.2) is 79.5 Å². The Kier molecular flexibility index (Phi) is 5.45. The first-order valence-corrected chi connectivity index (χ1v) is 11.7. The molecule has 3 saturated heterocycles. The maximum Gasteiger partial charge on any atom is 0.227 e. The molecule has 3 fully saturated rings. The third kappa shape index (κ3) is 3.42. The van der Waals surface area contributed by atoms with Gasteiger partial charge < -0.3 is 9.80 Å². The molecular formula is C19H35N3O3S. The summed E-state index contributed by atoms with van der Waals surface area (Å²) >= 11 is 0. The van der Waals surface area contributed by atoms with Crippen LogP contribution in [-0.2, 0) is 14.8 Å². The number of fused-ring (bicyclic) bond motifs is 2. The van der Waals surface area contributed by atoms with E-state index in [9.17, 15) is 13.2 Å². The SMILES string of the molecule is CC(C)CN1C[C@H]2C(=O)N(C)C3(CCN(S(=O)(=O)CC(C)C)CC3)[C@H]2C1.